The van der Waals surface area contributed by atoms with E-state index in [-0.39, 0.29) is 17.3 Å². The molecule has 2 aromatic rings. The highest BCUT2D eigenvalue weighted by Gasteiger charge is 2.44. The summed E-state index contributed by atoms with van der Waals surface area (Å²) in [7, 11) is -2.48. The fourth-order valence-corrected chi connectivity index (χ4v) is 4.13. The normalized spacial score (nSPS) is 15.4. The van der Waals surface area contributed by atoms with E-state index in [1.165, 1.54) is 24.1 Å². The van der Waals surface area contributed by atoms with E-state index < -0.39 is 21.4 Å². The highest BCUT2D eigenvalue weighted by Crippen LogP contribution is 2.42. The van der Waals surface area contributed by atoms with Crippen LogP contribution in [0.3, 0.4) is 0 Å². The first-order valence-corrected chi connectivity index (χ1v) is 9.76. The monoisotopic (exact) mass is 388 g/mol. The minimum atomic E-state index is -3.74. The molecule has 0 aromatic heterocycles. The Labute approximate surface area is 158 Å². The Balaban J connectivity index is 1.96. The molecule has 8 heteroatoms. The van der Waals surface area contributed by atoms with Gasteiger partial charge in [0.2, 0.25) is 5.91 Å². The van der Waals surface area contributed by atoms with Crippen LogP contribution in [0.2, 0.25) is 0 Å². The molecule has 1 amide bonds. The molecule has 0 unspecified atom stereocenters. The van der Waals surface area contributed by atoms with Crippen LogP contribution >= 0.6 is 0 Å². The van der Waals surface area contributed by atoms with E-state index in [0.29, 0.717) is 16.9 Å². The lowest BCUT2D eigenvalue weighted by Gasteiger charge is -2.19. The average molecular weight is 388 g/mol. The minimum Gasteiger partial charge on any atom is -0.468 e. The number of amides is 1. The maximum absolute atomic E-state index is 12.7. The van der Waals surface area contributed by atoms with Crippen LogP contribution in [0.1, 0.15) is 19.4 Å². The van der Waals surface area contributed by atoms with Crippen molar-refractivity contribution < 1.29 is 22.7 Å². The summed E-state index contributed by atoms with van der Waals surface area (Å²) >= 11 is 0. The number of esters is 1. The van der Waals surface area contributed by atoms with Gasteiger partial charge >= 0.3 is 5.97 Å². The Kier molecular flexibility index (Phi) is 4.69. The Morgan fingerprint density at radius 2 is 1.81 bits per heavy atom. The number of carbonyl (C=O) groups excluding carboxylic acids is 2. The van der Waals surface area contributed by atoms with Crippen molar-refractivity contribution in [2.45, 2.75) is 24.2 Å². The van der Waals surface area contributed by atoms with Crippen molar-refractivity contribution in [3.8, 4) is 0 Å². The van der Waals surface area contributed by atoms with Gasteiger partial charge in [-0.05, 0) is 49.7 Å². The molecule has 1 aliphatic heterocycles. The van der Waals surface area contributed by atoms with E-state index in [2.05, 4.69) is 9.46 Å². The van der Waals surface area contributed by atoms with Gasteiger partial charge in [-0.1, -0.05) is 18.2 Å². The number of hydrogen-bond acceptors (Lipinski definition) is 5. The van der Waals surface area contributed by atoms with Gasteiger partial charge in [-0.2, -0.15) is 0 Å². The van der Waals surface area contributed by atoms with E-state index >= 15 is 0 Å². The maximum atomic E-state index is 12.7. The van der Waals surface area contributed by atoms with Crippen LogP contribution in [0.4, 0.5) is 11.4 Å². The van der Waals surface area contributed by atoms with Crippen molar-refractivity contribution >= 4 is 33.3 Å². The van der Waals surface area contributed by atoms with Crippen LogP contribution in [-0.4, -0.2) is 33.9 Å². The predicted molar refractivity (Wildman–Crippen MR) is 101 cm³/mol. The average Bonchev–Trinajstić information content (AvgIpc) is 2.83. The lowest BCUT2D eigenvalue weighted by molar-refractivity contribution is -0.140. The fraction of sp³-hybridized carbons (Fsp3) is 0.263. The molecule has 0 aliphatic carbocycles. The molecule has 0 bridgehead atoms. The molecule has 1 N–H and O–H groups in total. The second-order valence-corrected chi connectivity index (χ2v) is 8.43. The number of anilines is 2. The fourth-order valence-electron chi connectivity index (χ4n) is 3.06. The number of methoxy groups -OCH3 is 1. The number of rotatable bonds is 5. The van der Waals surface area contributed by atoms with Crippen molar-refractivity contribution in [1.82, 2.24) is 0 Å². The van der Waals surface area contributed by atoms with Crippen LogP contribution in [-0.2, 0) is 29.8 Å². The van der Waals surface area contributed by atoms with Crippen molar-refractivity contribution in [2.24, 2.45) is 0 Å². The third-order valence-corrected chi connectivity index (χ3v) is 5.96. The number of carbonyl (C=O) groups is 2. The zero-order chi connectivity index (χ0) is 19.8. The van der Waals surface area contributed by atoms with Gasteiger partial charge in [-0.25, -0.2) is 8.42 Å². The minimum absolute atomic E-state index is 0.146. The summed E-state index contributed by atoms with van der Waals surface area (Å²) in [4.78, 5) is 25.9. The van der Waals surface area contributed by atoms with Gasteiger partial charge in [0.05, 0.1) is 17.4 Å². The van der Waals surface area contributed by atoms with Gasteiger partial charge < -0.3 is 9.64 Å². The van der Waals surface area contributed by atoms with Crippen LogP contribution in [0.5, 0.6) is 0 Å². The summed E-state index contributed by atoms with van der Waals surface area (Å²) in [5.74, 6) is -0.771. The molecule has 0 fully saturated rings. The van der Waals surface area contributed by atoms with E-state index in [1.54, 1.807) is 50.2 Å². The Hall–Kier alpha value is -2.87. The number of fused-ring (bicyclic) bond motifs is 1. The van der Waals surface area contributed by atoms with Crippen LogP contribution < -0.4 is 9.62 Å². The number of nitrogens with one attached hydrogen (secondary N) is 1. The SMILES string of the molecule is COC(=O)CN1C(=O)C(C)(C)c2cc(NS(=O)(=O)c3ccccc3)ccc21. The molecular formula is C19H20N2O5S. The summed E-state index contributed by atoms with van der Waals surface area (Å²) in [6.07, 6.45) is 0. The summed E-state index contributed by atoms with van der Waals surface area (Å²) in [5, 5.41) is 0. The first kappa shape index (κ1) is 18.9. The van der Waals surface area contributed by atoms with Gasteiger partial charge in [0.1, 0.15) is 6.54 Å². The molecule has 0 atom stereocenters. The smallest absolute Gasteiger partial charge is 0.325 e. The van der Waals surface area contributed by atoms with Gasteiger partial charge in [-0.15, -0.1) is 0 Å². The van der Waals surface area contributed by atoms with Gasteiger partial charge in [0.15, 0.2) is 0 Å². The first-order valence-electron chi connectivity index (χ1n) is 8.28. The molecule has 3 rings (SSSR count). The van der Waals surface area contributed by atoms with Crippen molar-refractivity contribution in [1.29, 1.82) is 0 Å². The van der Waals surface area contributed by atoms with E-state index in [0.717, 1.165) is 0 Å². The summed E-state index contributed by atoms with van der Waals surface area (Å²) in [5.41, 5.74) is 0.665. The molecule has 0 saturated heterocycles. The van der Waals surface area contributed by atoms with E-state index in [4.69, 9.17) is 0 Å². The molecule has 1 heterocycles. The second-order valence-electron chi connectivity index (χ2n) is 6.74. The number of benzene rings is 2. The lowest BCUT2D eigenvalue weighted by atomic mass is 9.86. The standard InChI is InChI=1S/C19H20N2O5S/c1-19(2)15-11-13(20-27(24,25)14-7-5-4-6-8-14)9-10-16(15)21(18(19)23)12-17(22)26-3/h4-11,20H,12H2,1-3H3. The van der Waals surface area contributed by atoms with E-state index in [9.17, 15) is 18.0 Å². The topological polar surface area (TPSA) is 92.8 Å². The number of ether oxygens (including phenoxy) is 1. The summed E-state index contributed by atoms with van der Waals surface area (Å²) < 4.78 is 32.2. The predicted octanol–water partition coefficient (Wildman–Crippen LogP) is 2.28. The number of hydrogen-bond donors (Lipinski definition) is 1. The molecule has 142 valence electrons. The van der Waals surface area contributed by atoms with Gasteiger partial charge in [-0.3, -0.25) is 14.3 Å². The van der Waals surface area contributed by atoms with Crippen LogP contribution in [0, 0.1) is 0 Å². The summed E-state index contributed by atoms with van der Waals surface area (Å²) in [6, 6.07) is 12.9. The highest BCUT2D eigenvalue weighted by molar-refractivity contribution is 7.92. The quantitative estimate of drug-likeness (QED) is 0.794. The zero-order valence-corrected chi connectivity index (χ0v) is 16.0. The van der Waals surface area contributed by atoms with Crippen LogP contribution in [0.25, 0.3) is 0 Å². The zero-order valence-electron chi connectivity index (χ0n) is 15.2. The lowest BCUT2D eigenvalue weighted by Crippen LogP contribution is -2.39. The highest BCUT2D eigenvalue weighted by atomic mass is 32.2. The number of nitrogens with zero attached hydrogens (tertiary/aromatic N) is 1. The third kappa shape index (κ3) is 3.40. The molecule has 7 nitrogen and oxygen atoms in total. The van der Waals surface area contributed by atoms with E-state index in [1.807, 2.05) is 0 Å². The van der Waals surface area contributed by atoms with Crippen molar-refractivity contribution in [2.75, 3.05) is 23.3 Å². The van der Waals surface area contributed by atoms with Gasteiger partial charge in [0.25, 0.3) is 10.0 Å². The Bertz CT molecular complexity index is 1000. The third-order valence-electron chi connectivity index (χ3n) is 4.56. The summed E-state index contributed by atoms with van der Waals surface area (Å²) in [6.45, 7) is 3.28. The molecule has 0 radical (unpaired) electrons. The molecular weight excluding hydrogens is 368 g/mol. The maximum Gasteiger partial charge on any atom is 0.325 e. The van der Waals surface area contributed by atoms with Crippen molar-refractivity contribution in [3.63, 3.8) is 0 Å². The molecule has 1 aliphatic rings. The Morgan fingerprint density at radius 1 is 1.15 bits per heavy atom. The molecule has 27 heavy (non-hydrogen) atoms. The molecule has 0 spiro atoms. The molecule has 2 aromatic carbocycles. The number of sulfonamides is 1. The molecule has 0 saturated carbocycles. The first-order chi connectivity index (χ1) is 12.7. The van der Waals surface area contributed by atoms with Crippen molar-refractivity contribution in [3.05, 3.63) is 54.1 Å². The largest absolute Gasteiger partial charge is 0.468 e. The van der Waals surface area contributed by atoms with Crippen LogP contribution in [0.15, 0.2) is 53.4 Å². The Morgan fingerprint density at radius 3 is 2.44 bits per heavy atom. The van der Waals surface area contributed by atoms with Gasteiger partial charge in [0, 0.05) is 11.4 Å². The second kappa shape index (κ2) is 6.70.